The van der Waals surface area contributed by atoms with Crippen molar-refractivity contribution in [2.75, 3.05) is 14.2 Å². The minimum Gasteiger partial charge on any atom is -0.497 e. The van der Waals surface area contributed by atoms with E-state index in [2.05, 4.69) is 11.4 Å². The Labute approximate surface area is 182 Å². The Morgan fingerprint density at radius 3 is 1.87 bits per heavy atom. The number of nitriles is 1. The second-order valence-electron chi connectivity index (χ2n) is 6.86. The van der Waals surface area contributed by atoms with Gasteiger partial charge in [0.2, 0.25) is 0 Å². The summed E-state index contributed by atoms with van der Waals surface area (Å²) < 4.78 is 16.3. The molecule has 0 bridgehead atoms. The molecule has 0 aromatic heterocycles. The minimum absolute atomic E-state index is 0.302. The molecule has 31 heavy (non-hydrogen) atoms. The van der Waals surface area contributed by atoms with E-state index >= 15 is 0 Å². The van der Waals surface area contributed by atoms with E-state index < -0.39 is 12.1 Å². The van der Waals surface area contributed by atoms with Crippen LogP contribution < -0.4 is 19.5 Å². The van der Waals surface area contributed by atoms with Gasteiger partial charge in [-0.25, -0.2) is 0 Å². The van der Waals surface area contributed by atoms with E-state index in [0.29, 0.717) is 11.3 Å². The summed E-state index contributed by atoms with van der Waals surface area (Å²) in [7, 11) is 3.21. The van der Waals surface area contributed by atoms with Crippen molar-refractivity contribution >= 4 is 5.91 Å². The largest absolute Gasteiger partial charge is 0.497 e. The van der Waals surface area contributed by atoms with E-state index in [-0.39, 0.29) is 5.91 Å². The standard InChI is InChI=1S/C25H24N2O4/c1-17(31-23-7-5-4-6-20(23)16-26)25(28)27-24(18-8-12-21(29-2)13-9-18)19-10-14-22(30-3)15-11-19/h4-15,17,24H,1-3H3,(H,27,28). The first kappa shape index (κ1) is 21.7. The molecule has 1 atom stereocenters. The monoisotopic (exact) mass is 416 g/mol. The van der Waals surface area contributed by atoms with Crippen LogP contribution in [0, 0.1) is 11.3 Å². The van der Waals surface area contributed by atoms with Crippen molar-refractivity contribution < 1.29 is 19.0 Å². The summed E-state index contributed by atoms with van der Waals surface area (Å²) in [6.07, 6.45) is -0.798. The van der Waals surface area contributed by atoms with Crippen LogP contribution in [0.15, 0.2) is 72.8 Å². The third-order valence-corrected chi connectivity index (χ3v) is 4.87. The van der Waals surface area contributed by atoms with Gasteiger partial charge in [0.05, 0.1) is 25.8 Å². The lowest BCUT2D eigenvalue weighted by molar-refractivity contribution is -0.127. The molecular weight excluding hydrogens is 392 g/mol. The van der Waals surface area contributed by atoms with Gasteiger partial charge in [-0.3, -0.25) is 4.79 Å². The second-order valence-corrected chi connectivity index (χ2v) is 6.86. The van der Waals surface area contributed by atoms with Crippen LogP contribution in [0.2, 0.25) is 0 Å². The Balaban J connectivity index is 1.84. The Bertz CT molecular complexity index is 1010. The summed E-state index contributed by atoms with van der Waals surface area (Å²) in [6, 6.07) is 23.5. The van der Waals surface area contributed by atoms with Crippen LogP contribution in [0.3, 0.4) is 0 Å². The fraction of sp³-hybridized carbons (Fsp3) is 0.200. The summed E-state index contributed by atoms with van der Waals surface area (Å²) in [5, 5.41) is 12.3. The van der Waals surface area contributed by atoms with E-state index in [0.717, 1.165) is 22.6 Å². The van der Waals surface area contributed by atoms with Crippen LogP contribution in [0.4, 0.5) is 0 Å². The van der Waals surface area contributed by atoms with Gasteiger partial charge in [-0.05, 0) is 54.4 Å². The molecule has 0 fully saturated rings. The first-order valence-electron chi connectivity index (χ1n) is 9.79. The highest BCUT2D eigenvalue weighted by atomic mass is 16.5. The van der Waals surface area contributed by atoms with Gasteiger partial charge in [0.25, 0.3) is 5.91 Å². The predicted molar refractivity (Wildman–Crippen MR) is 117 cm³/mol. The van der Waals surface area contributed by atoms with Crippen LogP contribution in [0.5, 0.6) is 17.2 Å². The molecule has 1 amide bonds. The molecule has 0 radical (unpaired) electrons. The summed E-state index contributed by atoms with van der Waals surface area (Å²) in [4.78, 5) is 13.0. The zero-order valence-corrected chi connectivity index (χ0v) is 17.7. The van der Waals surface area contributed by atoms with Crippen LogP contribution >= 0.6 is 0 Å². The molecule has 158 valence electrons. The first-order chi connectivity index (χ1) is 15.0. The average molecular weight is 416 g/mol. The molecule has 0 aliphatic heterocycles. The number of methoxy groups -OCH3 is 2. The third-order valence-electron chi connectivity index (χ3n) is 4.87. The van der Waals surface area contributed by atoms with Crippen LogP contribution in [-0.4, -0.2) is 26.2 Å². The minimum atomic E-state index is -0.798. The number of carbonyl (C=O) groups excluding carboxylic acids is 1. The number of benzene rings is 3. The van der Waals surface area contributed by atoms with Gasteiger partial charge < -0.3 is 19.5 Å². The SMILES string of the molecule is COc1ccc(C(NC(=O)C(C)Oc2ccccc2C#N)c2ccc(OC)cc2)cc1. The molecule has 0 aliphatic rings. The van der Waals surface area contributed by atoms with E-state index in [1.54, 1.807) is 45.4 Å². The number of hydrogen-bond donors (Lipinski definition) is 1. The number of ether oxygens (including phenoxy) is 3. The van der Waals surface area contributed by atoms with Gasteiger partial charge in [-0.2, -0.15) is 5.26 Å². The molecule has 0 saturated carbocycles. The molecule has 0 saturated heterocycles. The highest BCUT2D eigenvalue weighted by molar-refractivity contribution is 5.81. The molecule has 6 nitrogen and oxygen atoms in total. The quantitative estimate of drug-likeness (QED) is 0.594. The number of nitrogens with one attached hydrogen (secondary N) is 1. The summed E-state index contributed by atoms with van der Waals surface area (Å²) >= 11 is 0. The molecule has 0 aliphatic carbocycles. The molecule has 1 unspecified atom stereocenters. The molecule has 1 N–H and O–H groups in total. The Kier molecular flexibility index (Phi) is 7.13. The highest BCUT2D eigenvalue weighted by Gasteiger charge is 2.22. The van der Waals surface area contributed by atoms with Gasteiger partial charge in [0, 0.05) is 0 Å². The van der Waals surface area contributed by atoms with Crippen molar-refractivity contribution in [3.8, 4) is 23.3 Å². The lowest BCUT2D eigenvalue weighted by Crippen LogP contribution is -2.39. The second kappa shape index (κ2) is 10.2. The molecule has 0 spiro atoms. The predicted octanol–water partition coefficient (Wildman–Crippen LogP) is 4.25. The maximum absolute atomic E-state index is 13.0. The number of para-hydroxylation sites is 1. The van der Waals surface area contributed by atoms with E-state index in [9.17, 15) is 10.1 Å². The molecule has 0 heterocycles. The number of amides is 1. The van der Waals surface area contributed by atoms with Crippen molar-refractivity contribution in [1.29, 1.82) is 5.26 Å². The van der Waals surface area contributed by atoms with Gasteiger partial charge in [0.1, 0.15) is 23.3 Å². The van der Waals surface area contributed by atoms with E-state index in [1.807, 2.05) is 48.5 Å². The number of rotatable bonds is 8. The Morgan fingerprint density at radius 1 is 0.871 bits per heavy atom. The van der Waals surface area contributed by atoms with Crippen molar-refractivity contribution in [3.05, 3.63) is 89.5 Å². The summed E-state index contributed by atoms with van der Waals surface area (Å²) in [6.45, 7) is 1.66. The van der Waals surface area contributed by atoms with Gasteiger partial charge >= 0.3 is 0 Å². The van der Waals surface area contributed by atoms with Crippen molar-refractivity contribution in [3.63, 3.8) is 0 Å². The molecular formula is C25H24N2O4. The van der Waals surface area contributed by atoms with Crippen molar-refractivity contribution in [1.82, 2.24) is 5.32 Å². The van der Waals surface area contributed by atoms with Crippen molar-refractivity contribution in [2.24, 2.45) is 0 Å². The molecule has 6 heteroatoms. The fourth-order valence-corrected chi connectivity index (χ4v) is 3.12. The van der Waals surface area contributed by atoms with Crippen LogP contribution in [0.1, 0.15) is 29.7 Å². The molecule has 3 aromatic carbocycles. The normalized spacial score (nSPS) is 11.3. The topological polar surface area (TPSA) is 80.6 Å². The lowest BCUT2D eigenvalue weighted by atomic mass is 9.98. The fourth-order valence-electron chi connectivity index (χ4n) is 3.12. The van der Waals surface area contributed by atoms with Crippen LogP contribution in [-0.2, 0) is 4.79 Å². The molecule has 3 aromatic rings. The number of hydrogen-bond acceptors (Lipinski definition) is 5. The Hall–Kier alpha value is -3.98. The molecule has 3 rings (SSSR count). The number of nitrogens with zero attached hydrogens (tertiary/aromatic N) is 1. The van der Waals surface area contributed by atoms with E-state index in [4.69, 9.17) is 14.2 Å². The summed E-state index contributed by atoms with van der Waals surface area (Å²) in [5.74, 6) is 1.53. The van der Waals surface area contributed by atoms with Gasteiger partial charge in [0.15, 0.2) is 6.10 Å². The van der Waals surface area contributed by atoms with Crippen molar-refractivity contribution in [2.45, 2.75) is 19.1 Å². The smallest absolute Gasteiger partial charge is 0.261 e. The summed E-state index contributed by atoms with van der Waals surface area (Å²) in [5.41, 5.74) is 2.16. The highest BCUT2D eigenvalue weighted by Crippen LogP contribution is 2.26. The Morgan fingerprint density at radius 2 is 1.39 bits per heavy atom. The average Bonchev–Trinajstić information content (AvgIpc) is 2.83. The first-order valence-corrected chi connectivity index (χ1v) is 9.79. The van der Waals surface area contributed by atoms with Gasteiger partial charge in [-0.1, -0.05) is 36.4 Å². The third kappa shape index (κ3) is 5.34. The van der Waals surface area contributed by atoms with E-state index in [1.165, 1.54) is 0 Å². The zero-order valence-electron chi connectivity index (χ0n) is 17.7. The zero-order chi connectivity index (χ0) is 22.2. The maximum atomic E-state index is 13.0. The maximum Gasteiger partial charge on any atom is 0.261 e. The number of carbonyl (C=O) groups is 1. The van der Waals surface area contributed by atoms with Crippen LogP contribution in [0.25, 0.3) is 0 Å². The van der Waals surface area contributed by atoms with Gasteiger partial charge in [-0.15, -0.1) is 0 Å². The lowest BCUT2D eigenvalue weighted by Gasteiger charge is -2.23.